The first-order chi connectivity index (χ1) is 11.6. The van der Waals surface area contributed by atoms with Gasteiger partial charge in [-0.25, -0.2) is 8.42 Å². The van der Waals surface area contributed by atoms with Crippen molar-refractivity contribution in [1.82, 2.24) is 14.8 Å². The fraction of sp³-hybridized carbons (Fsp3) is 0.312. The Bertz CT molecular complexity index is 972. The first-order valence-electron chi connectivity index (χ1n) is 7.34. The fourth-order valence-electron chi connectivity index (χ4n) is 2.50. The Morgan fingerprint density at radius 2 is 2.00 bits per heavy atom. The number of fused-ring (bicyclic) bond motifs is 1. The van der Waals surface area contributed by atoms with E-state index in [0.29, 0.717) is 4.90 Å². The molecule has 0 bridgehead atoms. The molecule has 0 aliphatic rings. The van der Waals surface area contributed by atoms with Crippen LogP contribution in [0.2, 0.25) is 0 Å². The van der Waals surface area contributed by atoms with Gasteiger partial charge in [-0.15, -0.1) is 0 Å². The molecule has 0 aliphatic carbocycles. The summed E-state index contributed by atoms with van der Waals surface area (Å²) in [5.41, 5.74) is 1.11. The summed E-state index contributed by atoms with van der Waals surface area (Å²) >= 11 is 0. The zero-order valence-corrected chi connectivity index (χ0v) is 14.9. The number of sulfone groups is 1. The van der Waals surface area contributed by atoms with Crippen molar-refractivity contribution in [1.29, 1.82) is 5.26 Å². The van der Waals surface area contributed by atoms with Gasteiger partial charge < -0.3 is 9.88 Å². The van der Waals surface area contributed by atoms with E-state index in [0.717, 1.165) is 17.2 Å². The molecule has 9 heteroatoms. The van der Waals surface area contributed by atoms with Gasteiger partial charge in [0, 0.05) is 31.3 Å². The number of para-hydroxylation sites is 1. The van der Waals surface area contributed by atoms with Crippen molar-refractivity contribution in [3.63, 3.8) is 0 Å². The monoisotopic (exact) mass is 362 g/mol. The van der Waals surface area contributed by atoms with Gasteiger partial charge in [-0.2, -0.15) is 5.26 Å². The summed E-state index contributed by atoms with van der Waals surface area (Å²) in [6, 6.07) is 7.67. The van der Waals surface area contributed by atoms with E-state index in [1.807, 2.05) is 24.3 Å². The molecule has 1 N–H and O–H groups in total. The third-order valence-corrected chi connectivity index (χ3v) is 4.68. The third kappa shape index (κ3) is 4.16. The van der Waals surface area contributed by atoms with Crippen LogP contribution in [0.25, 0.3) is 10.9 Å². The standard InChI is InChI=1S/C16H18N4O4S/c1-19(10-17)16(22)12(9-25(3,23)24)18-15(21)14-8-11-6-4-5-7-13(11)20(14)2/h4-8,12H,9H2,1-3H3,(H,18,21). The van der Waals surface area contributed by atoms with Crippen LogP contribution >= 0.6 is 0 Å². The number of aromatic nitrogens is 1. The molecule has 0 saturated heterocycles. The lowest BCUT2D eigenvalue weighted by Gasteiger charge is -2.19. The van der Waals surface area contributed by atoms with Gasteiger partial charge >= 0.3 is 0 Å². The van der Waals surface area contributed by atoms with Crippen molar-refractivity contribution in [3.05, 3.63) is 36.0 Å². The largest absolute Gasteiger partial charge is 0.340 e. The number of amides is 2. The van der Waals surface area contributed by atoms with Crippen molar-refractivity contribution < 1.29 is 18.0 Å². The summed E-state index contributed by atoms with van der Waals surface area (Å²) in [6.07, 6.45) is 2.57. The van der Waals surface area contributed by atoms with E-state index in [9.17, 15) is 18.0 Å². The van der Waals surface area contributed by atoms with E-state index in [4.69, 9.17) is 5.26 Å². The van der Waals surface area contributed by atoms with Crippen molar-refractivity contribution in [2.24, 2.45) is 7.05 Å². The van der Waals surface area contributed by atoms with Crippen molar-refractivity contribution >= 4 is 32.6 Å². The molecule has 0 saturated carbocycles. The van der Waals surface area contributed by atoms with Gasteiger partial charge in [0.2, 0.25) is 0 Å². The summed E-state index contributed by atoms with van der Waals surface area (Å²) < 4.78 is 24.8. The van der Waals surface area contributed by atoms with Crippen LogP contribution in [-0.4, -0.2) is 54.8 Å². The SMILES string of the molecule is CN(C#N)C(=O)C(CS(C)(=O)=O)NC(=O)c1cc2ccccc2n1C. The Kier molecular flexibility index (Phi) is 5.13. The molecule has 2 amide bonds. The fourth-order valence-corrected chi connectivity index (χ4v) is 3.33. The Morgan fingerprint density at radius 1 is 1.36 bits per heavy atom. The van der Waals surface area contributed by atoms with E-state index in [1.165, 1.54) is 7.05 Å². The second-order valence-electron chi connectivity index (χ2n) is 5.76. The predicted octanol–water partition coefficient (Wildman–Crippen LogP) is 0.261. The number of rotatable bonds is 5. The first-order valence-corrected chi connectivity index (χ1v) is 9.40. The van der Waals surface area contributed by atoms with E-state index >= 15 is 0 Å². The molecule has 0 spiro atoms. The van der Waals surface area contributed by atoms with Crippen LogP contribution in [0.4, 0.5) is 0 Å². The number of carbonyl (C=O) groups excluding carboxylic acids is 2. The van der Waals surface area contributed by atoms with Crippen molar-refractivity contribution in [2.75, 3.05) is 19.1 Å². The zero-order chi connectivity index (χ0) is 18.8. The molecular weight excluding hydrogens is 344 g/mol. The highest BCUT2D eigenvalue weighted by molar-refractivity contribution is 7.90. The number of nitrogens with zero attached hydrogens (tertiary/aromatic N) is 3. The van der Waals surface area contributed by atoms with Crippen LogP contribution in [0, 0.1) is 11.5 Å². The maximum absolute atomic E-state index is 12.6. The Morgan fingerprint density at radius 3 is 2.56 bits per heavy atom. The minimum absolute atomic E-state index is 0.284. The highest BCUT2D eigenvalue weighted by Gasteiger charge is 2.29. The minimum atomic E-state index is -3.55. The van der Waals surface area contributed by atoms with E-state index in [2.05, 4.69) is 5.32 Å². The second-order valence-corrected chi connectivity index (χ2v) is 7.95. The lowest BCUT2D eigenvalue weighted by atomic mass is 10.2. The van der Waals surface area contributed by atoms with Gasteiger partial charge in [-0.3, -0.25) is 14.5 Å². The van der Waals surface area contributed by atoms with Gasteiger partial charge in [0.05, 0.1) is 5.75 Å². The van der Waals surface area contributed by atoms with Crippen LogP contribution < -0.4 is 5.32 Å². The minimum Gasteiger partial charge on any atom is -0.340 e. The van der Waals surface area contributed by atoms with Crippen LogP contribution in [-0.2, 0) is 21.7 Å². The summed E-state index contributed by atoms with van der Waals surface area (Å²) in [5.74, 6) is -1.97. The molecule has 1 heterocycles. The number of benzene rings is 1. The molecule has 2 rings (SSSR count). The van der Waals surface area contributed by atoms with Gasteiger partial charge in [0.15, 0.2) is 6.19 Å². The number of likely N-dealkylation sites (N-methyl/N-ethyl adjacent to an activating group) is 1. The average Bonchev–Trinajstić information content (AvgIpc) is 2.89. The predicted molar refractivity (Wildman–Crippen MR) is 92.3 cm³/mol. The molecule has 1 atom stereocenters. The number of nitrogens with one attached hydrogen (secondary N) is 1. The van der Waals surface area contributed by atoms with Gasteiger partial charge in [0.25, 0.3) is 11.8 Å². The Balaban J connectivity index is 2.33. The smallest absolute Gasteiger partial charge is 0.268 e. The molecule has 0 radical (unpaired) electrons. The summed E-state index contributed by atoms with van der Waals surface area (Å²) in [6.45, 7) is 0. The van der Waals surface area contributed by atoms with E-state index in [-0.39, 0.29) is 5.69 Å². The number of hydrogen-bond donors (Lipinski definition) is 1. The van der Waals surface area contributed by atoms with Crippen molar-refractivity contribution in [2.45, 2.75) is 6.04 Å². The molecule has 132 valence electrons. The topological polar surface area (TPSA) is 112 Å². The van der Waals surface area contributed by atoms with Crippen molar-refractivity contribution in [3.8, 4) is 6.19 Å². The van der Waals surface area contributed by atoms with E-state index in [1.54, 1.807) is 23.9 Å². The highest BCUT2D eigenvalue weighted by atomic mass is 32.2. The second kappa shape index (κ2) is 6.94. The molecular formula is C16H18N4O4S. The average molecular weight is 362 g/mol. The molecule has 0 aliphatic heterocycles. The van der Waals surface area contributed by atoms with Gasteiger partial charge in [-0.1, -0.05) is 18.2 Å². The molecule has 2 aromatic rings. The van der Waals surface area contributed by atoms with E-state index < -0.39 is 33.4 Å². The summed E-state index contributed by atoms with van der Waals surface area (Å²) in [5, 5.41) is 12.1. The molecule has 25 heavy (non-hydrogen) atoms. The van der Waals surface area contributed by atoms with Crippen LogP contribution in [0.3, 0.4) is 0 Å². The number of carbonyl (C=O) groups is 2. The number of hydrogen-bond acceptors (Lipinski definition) is 5. The molecule has 1 aromatic carbocycles. The van der Waals surface area contributed by atoms with Crippen LogP contribution in [0.5, 0.6) is 0 Å². The zero-order valence-electron chi connectivity index (χ0n) is 14.1. The lowest BCUT2D eigenvalue weighted by Crippen LogP contribution is -2.50. The normalized spacial score (nSPS) is 12.4. The lowest BCUT2D eigenvalue weighted by molar-refractivity contribution is -0.128. The molecule has 0 fully saturated rings. The summed E-state index contributed by atoms with van der Waals surface area (Å²) in [7, 11) is -0.642. The number of nitriles is 1. The molecule has 1 unspecified atom stereocenters. The first kappa shape index (κ1) is 18.5. The quantitative estimate of drug-likeness (QED) is 0.606. The Labute approximate surface area is 145 Å². The highest BCUT2D eigenvalue weighted by Crippen LogP contribution is 2.18. The molecule has 8 nitrogen and oxygen atoms in total. The number of aryl methyl sites for hydroxylation is 1. The summed E-state index contributed by atoms with van der Waals surface area (Å²) in [4.78, 5) is 25.5. The van der Waals surface area contributed by atoms with Crippen LogP contribution in [0.1, 0.15) is 10.5 Å². The third-order valence-electron chi connectivity index (χ3n) is 3.74. The molecule has 1 aromatic heterocycles. The Hall–Kier alpha value is -2.86. The van der Waals surface area contributed by atoms with Gasteiger partial charge in [-0.05, 0) is 12.1 Å². The maximum atomic E-state index is 12.6. The van der Waals surface area contributed by atoms with Gasteiger partial charge in [0.1, 0.15) is 21.6 Å². The van der Waals surface area contributed by atoms with Crippen LogP contribution in [0.15, 0.2) is 30.3 Å². The maximum Gasteiger partial charge on any atom is 0.268 e.